The maximum atomic E-state index is 14.5. The largest absolute Gasteiger partial charge is 0.348 e. The third-order valence-corrected chi connectivity index (χ3v) is 6.31. The molecule has 0 bridgehead atoms. The summed E-state index contributed by atoms with van der Waals surface area (Å²) in [4.78, 5) is 21.0. The van der Waals surface area contributed by atoms with E-state index in [4.69, 9.17) is 5.10 Å². The molecule has 5 rings (SSSR count). The quantitative estimate of drug-likeness (QED) is 0.567. The molecule has 2 aliphatic heterocycles. The first-order valence-electron chi connectivity index (χ1n) is 12.2. The van der Waals surface area contributed by atoms with E-state index in [0.29, 0.717) is 48.9 Å². The maximum Gasteiger partial charge on any atom is 0.323 e. The molecule has 8 nitrogen and oxygen atoms in total. The number of carbonyl (C=O) groups is 1. The highest BCUT2D eigenvalue weighted by Crippen LogP contribution is 2.36. The number of aromatic nitrogens is 3. The minimum absolute atomic E-state index is 0.155. The Hall–Kier alpha value is -3.27. The normalized spacial score (nSPS) is 19.4. The van der Waals surface area contributed by atoms with Gasteiger partial charge in [0, 0.05) is 37.3 Å². The Morgan fingerprint density at radius 3 is 2.74 bits per heavy atom. The summed E-state index contributed by atoms with van der Waals surface area (Å²) in [5.74, 6) is 0.188. The van der Waals surface area contributed by atoms with Crippen molar-refractivity contribution in [1.29, 1.82) is 0 Å². The number of carbonyl (C=O) groups excluding carboxylic acids is 1. The molecule has 2 aliphatic rings. The minimum Gasteiger partial charge on any atom is -0.348 e. The van der Waals surface area contributed by atoms with Crippen LogP contribution in [-0.2, 0) is 0 Å². The average Bonchev–Trinajstić information content (AvgIpc) is 3.48. The Labute approximate surface area is 204 Å². The number of benzene rings is 1. The fourth-order valence-electron chi connectivity index (χ4n) is 4.74. The van der Waals surface area contributed by atoms with Gasteiger partial charge in [0.05, 0.1) is 12.2 Å². The van der Waals surface area contributed by atoms with Gasteiger partial charge in [0.2, 0.25) is 0 Å². The number of hydrogen-bond donors (Lipinski definition) is 2. The number of halogens is 2. The van der Waals surface area contributed by atoms with E-state index in [9.17, 15) is 13.6 Å². The number of nitrogens with one attached hydrogen (secondary N) is 2. The van der Waals surface area contributed by atoms with Crippen LogP contribution in [0.4, 0.5) is 25.2 Å². The number of anilines is 2. The summed E-state index contributed by atoms with van der Waals surface area (Å²) in [6, 6.07) is 6.66. The molecule has 2 fully saturated rings. The van der Waals surface area contributed by atoms with Gasteiger partial charge in [-0.15, -0.1) is 5.10 Å². The number of nitrogens with zero attached hydrogens (tertiary/aromatic N) is 5. The van der Waals surface area contributed by atoms with Crippen molar-refractivity contribution >= 4 is 23.3 Å². The van der Waals surface area contributed by atoms with Gasteiger partial charge in [-0.05, 0) is 57.0 Å². The van der Waals surface area contributed by atoms with Crippen molar-refractivity contribution in [1.82, 2.24) is 24.8 Å². The van der Waals surface area contributed by atoms with Gasteiger partial charge in [0.25, 0.3) is 0 Å². The molecule has 188 valence electrons. The molecule has 1 atom stereocenters. The fraction of sp³-hybridized carbons (Fsp3) is 0.480. The first-order valence-corrected chi connectivity index (χ1v) is 12.2. The van der Waals surface area contributed by atoms with Crippen LogP contribution in [0.2, 0.25) is 0 Å². The highest BCUT2D eigenvalue weighted by Gasteiger charge is 2.31. The molecule has 0 aliphatic carbocycles. The smallest absolute Gasteiger partial charge is 0.323 e. The summed E-state index contributed by atoms with van der Waals surface area (Å²) in [6.07, 6.45) is 3.12. The summed E-state index contributed by atoms with van der Waals surface area (Å²) in [5.41, 5.74) is 0.759. The van der Waals surface area contributed by atoms with Crippen molar-refractivity contribution in [2.75, 3.05) is 36.4 Å². The molecule has 0 spiro atoms. The van der Waals surface area contributed by atoms with Gasteiger partial charge in [-0.2, -0.15) is 4.52 Å². The maximum absolute atomic E-state index is 14.5. The van der Waals surface area contributed by atoms with Gasteiger partial charge in [0.15, 0.2) is 11.5 Å². The van der Waals surface area contributed by atoms with Crippen molar-refractivity contribution in [2.24, 2.45) is 0 Å². The zero-order chi connectivity index (χ0) is 25.2. The lowest BCUT2D eigenvalue weighted by Gasteiger charge is -2.38. The van der Waals surface area contributed by atoms with Crippen LogP contribution in [-0.4, -0.2) is 57.2 Å². The summed E-state index contributed by atoms with van der Waals surface area (Å²) in [6.45, 7) is 10.7. The molecule has 4 heterocycles. The molecule has 2 amide bonds. The molecule has 2 aromatic heterocycles. The predicted octanol–water partition coefficient (Wildman–Crippen LogP) is 4.59. The Bertz CT molecular complexity index is 1200. The Morgan fingerprint density at radius 1 is 1.17 bits per heavy atom. The minimum atomic E-state index is -0.461. The summed E-state index contributed by atoms with van der Waals surface area (Å²) in [5, 5.41) is 11.0. The SMILES string of the molecule is CC.CC1(C)CN(C(=O)Nc2cnc3ccc(N4CCCC4c4cc(F)ccc4F)nn23)CCN1. The van der Waals surface area contributed by atoms with E-state index in [1.54, 1.807) is 15.6 Å². The second kappa shape index (κ2) is 10.2. The molecule has 0 saturated carbocycles. The van der Waals surface area contributed by atoms with Crippen molar-refractivity contribution in [3.63, 3.8) is 0 Å². The van der Waals surface area contributed by atoms with E-state index in [2.05, 4.69) is 29.5 Å². The lowest BCUT2D eigenvalue weighted by molar-refractivity contribution is 0.165. The molecule has 0 radical (unpaired) electrons. The predicted molar refractivity (Wildman–Crippen MR) is 133 cm³/mol. The molecule has 35 heavy (non-hydrogen) atoms. The lowest BCUT2D eigenvalue weighted by Crippen LogP contribution is -2.59. The van der Waals surface area contributed by atoms with Crippen molar-refractivity contribution in [3.8, 4) is 0 Å². The molecule has 1 aromatic carbocycles. The highest BCUT2D eigenvalue weighted by molar-refractivity contribution is 5.89. The topological polar surface area (TPSA) is 77.8 Å². The highest BCUT2D eigenvalue weighted by atomic mass is 19.1. The number of fused-ring (bicyclic) bond motifs is 1. The standard InChI is InChI=1S/C23H27F2N7O.C2H6/c1-23(2)14-30(11-9-27-23)22(33)28-21-13-26-19-7-8-20(29-32(19)21)31-10-3-4-18(31)16-12-15(24)5-6-17(16)25;1-2/h5-8,12-13,18,27H,3-4,9-11,14H2,1-2H3,(H,28,33);1-2H3. The van der Waals surface area contributed by atoms with Crippen molar-refractivity contribution < 1.29 is 13.6 Å². The molecule has 2 saturated heterocycles. The molecule has 1 unspecified atom stereocenters. The monoisotopic (exact) mass is 485 g/mol. The van der Waals surface area contributed by atoms with E-state index in [0.717, 1.165) is 19.0 Å². The molecular formula is C25H33F2N7O. The zero-order valence-electron chi connectivity index (χ0n) is 20.7. The summed E-state index contributed by atoms with van der Waals surface area (Å²) in [7, 11) is 0. The third kappa shape index (κ3) is 5.22. The van der Waals surface area contributed by atoms with E-state index in [-0.39, 0.29) is 17.6 Å². The Balaban J connectivity index is 0.00000141. The second-order valence-electron chi connectivity index (χ2n) is 9.28. The first-order chi connectivity index (χ1) is 16.8. The summed E-state index contributed by atoms with van der Waals surface area (Å²) >= 11 is 0. The van der Waals surface area contributed by atoms with Crippen molar-refractivity contribution in [3.05, 3.63) is 53.7 Å². The number of piperazine rings is 1. The van der Waals surface area contributed by atoms with E-state index in [1.165, 1.54) is 12.1 Å². The van der Waals surface area contributed by atoms with Crippen LogP contribution in [0, 0.1) is 11.6 Å². The number of imidazole rings is 1. The van der Waals surface area contributed by atoms with Crippen LogP contribution in [0.1, 0.15) is 52.1 Å². The van der Waals surface area contributed by atoms with Crippen LogP contribution < -0.4 is 15.5 Å². The Kier molecular flexibility index (Phi) is 7.20. The van der Waals surface area contributed by atoms with E-state index < -0.39 is 11.6 Å². The van der Waals surface area contributed by atoms with Gasteiger partial charge >= 0.3 is 6.03 Å². The van der Waals surface area contributed by atoms with E-state index >= 15 is 0 Å². The average molecular weight is 486 g/mol. The molecule has 10 heteroatoms. The van der Waals surface area contributed by atoms with Gasteiger partial charge in [-0.25, -0.2) is 18.6 Å². The van der Waals surface area contributed by atoms with Crippen molar-refractivity contribution in [2.45, 2.75) is 52.1 Å². The second-order valence-corrected chi connectivity index (χ2v) is 9.28. The third-order valence-electron chi connectivity index (χ3n) is 6.31. The first kappa shape index (κ1) is 24.8. The van der Waals surface area contributed by atoms with Crippen LogP contribution >= 0.6 is 0 Å². The van der Waals surface area contributed by atoms with E-state index in [1.807, 2.05) is 30.9 Å². The molecule has 3 aromatic rings. The van der Waals surface area contributed by atoms with Crippen LogP contribution in [0.5, 0.6) is 0 Å². The fourth-order valence-corrected chi connectivity index (χ4v) is 4.74. The number of urea groups is 1. The van der Waals surface area contributed by atoms with Gasteiger partial charge in [-0.1, -0.05) is 13.8 Å². The lowest BCUT2D eigenvalue weighted by atomic mass is 10.0. The summed E-state index contributed by atoms with van der Waals surface area (Å²) < 4.78 is 29.9. The zero-order valence-corrected chi connectivity index (χ0v) is 20.7. The number of hydrogen-bond acceptors (Lipinski definition) is 5. The van der Waals surface area contributed by atoms with Crippen LogP contribution in [0.15, 0.2) is 36.5 Å². The molecule has 2 N–H and O–H groups in total. The number of rotatable bonds is 3. The van der Waals surface area contributed by atoms with Gasteiger partial charge < -0.3 is 15.1 Å². The van der Waals surface area contributed by atoms with Gasteiger partial charge in [0.1, 0.15) is 17.5 Å². The van der Waals surface area contributed by atoms with Crippen LogP contribution in [0.25, 0.3) is 5.65 Å². The Morgan fingerprint density at radius 2 is 1.97 bits per heavy atom. The van der Waals surface area contributed by atoms with Crippen LogP contribution in [0.3, 0.4) is 0 Å². The molecular weight excluding hydrogens is 452 g/mol. The number of amides is 2. The van der Waals surface area contributed by atoms with Gasteiger partial charge in [-0.3, -0.25) is 5.32 Å².